The third-order valence-corrected chi connectivity index (χ3v) is 4.57. The van der Waals surface area contributed by atoms with Crippen molar-refractivity contribution >= 4 is 34.2 Å². The average Bonchev–Trinajstić information content (AvgIpc) is 2.67. The van der Waals surface area contributed by atoms with Crippen LogP contribution in [0.2, 0.25) is 0 Å². The summed E-state index contributed by atoms with van der Waals surface area (Å²) in [5, 5.41) is 20.2. The summed E-state index contributed by atoms with van der Waals surface area (Å²) in [6, 6.07) is 17.1. The minimum Gasteiger partial charge on any atom is -0.271 e. The lowest BCUT2D eigenvalue weighted by molar-refractivity contribution is -0.384. The van der Waals surface area contributed by atoms with E-state index in [2.05, 4.69) is 9.98 Å². The van der Waals surface area contributed by atoms with Gasteiger partial charge in [-0.05, 0) is 11.1 Å². The summed E-state index contributed by atoms with van der Waals surface area (Å²) in [5.74, 6) is -1.10. The number of rotatable bonds is 4. The van der Waals surface area contributed by atoms with Gasteiger partial charge in [-0.3, -0.25) is 14.9 Å². The highest BCUT2D eigenvalue weighted by Gasteiger charge is 2.29. The number of carbonyl (C=O) groups excluding carboxylic acids is 1. The number of hydrogen-bond donors (Lipinski definition) is 0. The smallest absolute Gasteiger partial charge is 0.271 e. The SMILES string of the molecule is N#CC1C(=O)N=C(SCc2ccc([N+](=O)[O-])cc2)N=C1c1ccccc1. The second kappa shape index (κ2) is 7.72. The molecule has 2 aromatic carbocycles. The Balaban J connectivity index is 1.79. The van der Waals surface area contributed by atoms with E-state index in [1.165, 1.54) is 23.9 Å². The topological polar surface area (TPSA) is 109 Å². The largest absolute Gasteiger partial charge is 0.271 e. The van der Waals surface area contributed by atoms with Gasteiger partial charge in [-0.15, -0.1) is 0 Å². The van der Waals surface area contributed by atoms with Gasteiger partial charge in [0.05, 0.1) is 16.7 Å². The van der Waals surface area contributed by atoms with Crippen LogP contribution < -0.4 is 0 Å². The van der Waals surface area contributed by atoms with Crippen LogP contribution in [-0.2, 0) is 10.5 Å². The van der Waals surface area contributed by atoms with Gasteiger partial charge in [0.2, 0.25) is 0 Å². The van der Waals surface area contributed by atoms with Crippen LogP contribution in [0.5, 0.6) is 0 Å². The highest BCUT2D eigenvalue weighted by Crippen LogP contribution is 2.23. The predicted molar refractivity (Wildman–Crippen MR) is 98.9 cm³/mol. The van der Waals surface area contributed by atoms with Crippen LogP contribution in [0.1, 0.15) is 11.1 Å². The van der Waals surface area contributed by atoms with Crippen LogP contribution in [0.3, 0.4) is 0 Å². The number of amidine groups is 1. The van der Waals surface area contributed by atoms with Crippen LogP contribution in [0.25, 0.3) is 0 Å². The zero-order valence-electron chi connectivity index (χ0n) is 13.4. The molecule has 26 heavy (non-hydrogen) atoms. The van der Waals surface area contributed by atoms with E-state index in [0.29, 0.717) is 17.0 Å². The van der Waals surface area contributed by atoms with Crippen LogP contribution in [0.4, 0.5) is 5.69 Å². The molecule has 0 bridgehead atoms. The van der Waals surface area contributed by atoms with Crippen LogP contribution in [-0.4, -0.2) is 21.7 Å². The Bertz CT molecular complexity index is 947. The number of aliphatic imine (C=N–C) groups is 2. The molecule has 1 atom stereocenters. The van der Waals surface area contributed by atoms with Gasteiger partial charge in [-0.1, -0.05) is 54.2 Å². The number of benzene rings is 2. The van der Waals surface area contributed by atoms with E-state index in [1.807, 2.05) is 24.3 Å². The minimum absolute atomic E-state index is 0.0187. The zero-order chi connectivity index (χ0) is 18.5. The molecule has 3 rings (SSSR count). The van der Waals surface area contributed by atoms with Crippen molar-refractivity contribution in [3.63, 3.8) is 0 Å². The summed E-state index contributed by atoms with van der Waals surface area (Å²) in [6.07, 6.45) is 0. The molecule has 0 saturated heterocycles. The molecule has 0 saturated carbocycles. The first-order valence-corrected chi connectivity index (χ1v) is 8.59. The lowest BCUT2D eigenvalue weighted by Crippen LogP contribution is -2.27. The quantitative estimate of drug-likeness (QED) is 0.610. The predicted octanol–water partition coefficient (Wildman–Crippen LogP) is 3.35. The molecule has 1 aliphatic rings. The van der Waals surface area contributed by atoms with E-state index in [-0.39, 0.29) is 10.9 Å². The molecule has 0 aliphatic carbocycles. The molecule has 128 valence electrons. The molecule has 1 unspecified atom stereocenters. The van der Waals surface area contributed by atoms with Crippen LogP contribution >= 0.6 is 11.8 Å². The third-order valence-electron chi connectivity index (χ3n) is 3.66. The number of carbonyl (C=O) groups is 1. The first kappa shape index (κ1) is 17.5. The van der Waals surface area contributed by atoms with Crippen molar-refractivity contribution in [2.75, 3.05) is 0 Å². The van der Waals surface area contributed by atoms with Crippen LogP contribution in [0, 0.1) is 27.4 Å². The molecule has 7 nitrogen and oxygen atoms in total. The summed E-state index contributed by atoms with van der Waals surface area (Å²) in [4.78, 5) is 30.7. The maximum Gasteiger partial charge on any atom is 0.271 e. The number of nitro benzene ring substituents is 1. The molecular formula is C18H12N4O3S. The van der Waals surface area contributed by atoms with E-state index in [0.717, 1.165) is 5.56 Å². The molecule has 0 aromatic heterocycles. The Hall–Kier alpha value is -3.31. The fourth-order valence-corrected chi connectivity index (χ4v) is 3.16. The molecule has 8 heteroatoms. The number of nitriles is 1. The fraction of sp³-hybridized carbons (Fsp3) is 0.111. The molecule has 2 aromatic rings. The summed E-state index contributed by atoms with van der Waals surface area (Å²) in [5.41, 5.74) is 1.95. The van der Waals surface area contributed by atoms with Gasteiger partial charge in [-0.2, -0.15) is 10.3 Å². The Morgan fingerprint density at radius 1 is 1.12 bits per heavy atom. The number of amides is 1. The number of non-ortho nitro benzene ring substituents is 1. The van der Waals surface area contributed by atoms with Crippen LogP contribution in [0.15, 0.2) is 64.6 Å². The van der Waals surface area contributed by atoms with Gasteiger partial charge < -0.3 is 0 Å². The Morgan fingerprint density at radius 3 is 2.42 bits per heavy atom. The van der Waals surface area contributed by atoms with Crippen molar-refractivity contribution < 1.29 is 9.72 Å². The monoisotopic (exact) mass is 364 g/mol. The van der Waals surface area contributed by atoms with E-state index in [4.69, 9.17) is 0 Å². The van der Waals surface area contributed by atoms with Crippen molar-refractivity contribution in [1.29, 1.82) is 5.26 Å². The van der Waals surface area contributed by atoms with Crippen molar-refractivity contribution in [2.24, 2.45) is 15.9 Å². The second-order valence-corrected chi connectivity index (χ2v) is 6.31. The number of thioether (sulfide) groups is 1. The highest BCUT2D eigenvalue weighted by molar-refractivity contribution is 8.13. The molecule has 0 spiro atoms. The third kappa shape index (κ3) is 3.84. The van der Waals surface area contributed by atoms with Crippen molar-refractivity contribution in [1.82, 2.24) is 0 Å². The van der Waals surface area contributed by atoms with Crippen molar-refractivity contribution in [3.8, 4) is 6.07 Å². The van der Waals surface area contributed by atoms with Gasteiger partial charge in [0.25, 0.3) is 11.6 Å². The summed E-state index contributed by atoms with van der Waals surface area (Å²) >= 11 is 1.24. The Labute approximate surface area is 153 Å². The molecular weight excluding hydrogens is 352 g/mol. The van der Waals surface area contributed by atoms with E-state index < -0.39 is 16.7 Å². The highest BCUT2D eigenvalue weighted by atomic mass is 32.2. The maximum absolute atomic E-state index is 12.2. The summed E-state index contributed by atoms with van der Waals surface area (Å²) in [7, 11) is 0. The molecule has 0 fully saturated rings. The second-order valence-electron chi connectivity index (χ2n) is 5.37. The number of nitrogens with zero attached hydrogens (tertiary/aromatic N) is 4. The van der Waals surface area contributed by atoms with Gasteiger partial charge >= 0.3 is 0 Å². The molecule has 1 aliphatic heterocycles. The lowest BCUT2D eigenvalue weighted by atomic mass is 9.96. The molecule has 1 heterocycles. The minimum atomic E-state index is -1.01. The normalized spacial score (nSPS) is 16.4. The maximum atomic E-state index is 12.2. The summed E-state index contributed by atoms with van der Waals surface area (Å²) in [6.45, 7) is 0. The summed E-state index contributed by atoms with van der Waals surface area (Å²) < 4.78 is 0. The number of nitro groups is 1. The first-order chi connectivity index (χ1) is 12.6. The fourth-order valence-electron chi connectivity index (χ4n) is 2.35. The average molecular weight is 364 g/mol. The Morgan fingerprint density at radius 2 is 1.81 bits per heavy atom. The first-order valence-electron chi connectivity index (χ1n) is 7.61. The van der Waals surface area contributed by atoms with Gasteiger partial charge in [0, 0.05) is 17.9 Å². The van der Waals surface area contributed by atoms with Gasteiger partial charge in [-0.25, -0.2) is 4.99 Å². The van der Waals surface area contributed by atoms with E-state index in [9.17, 15) is 20.2 Å². The van der Waals surface area contributed by atoms with Gasteiger partial charge in [0.15, 0.2) is 11.1 Å². The van der Waals surface area contributed by atoms with Crippen molar-refractivity contribution in [2.45, 2.75) is 5.75 Å². The zero-order valence-corrected chi connectivity index (χ0v) is 14.2. The molecule has 0 radical (unpaired) electrons. The number of hydrogen-bond acceptors (Lipinski definition) is 6. The molecule has 1 amide bonds. The van der Waals surface area contributed by atoms with Crippen molar-refractivity contribution in [3.05, 3.63) is 75.8 Å². The van der Waals surface area contributed by atoms with Gasteiger partial charge in [0.1, 0.15) is 0 Å². The Kier molecular flexibility index (Phi) is 5.20. The molecule has 0 N–H and O–H groups in total. The van der Waals surface area contributed by atoms with E-state index in [1.54, 1.807) is 24.3 Å². The lowest BCUT2D eigenvalue weighted by Gasteiger charge is -2.15. The standard InChI is InChI=1S/C18H12N4O3S/c19-10-15-16(13-4-2-1-3-5-13)20-18(21-17(15)23)26-11-12-6-8-14(9-7-12)22(24)25/h1-9,15H,11H2. The van der Waals surface area contributed by atoms with E-state index >= 15 is 0 Å².